The van der Waals surface area contributed by atoms with Gasteiger partial charge in [-0.25, -0.2) is 13.2 Å². The molecule has 2 rings (SSSR count). The summed E-state index contributed by atoms with van der Waals surface area (Å²) in [7, 11) is 0. The van der Waals surface area contributed by atoms with Gasteiger partial charge in [0.15, 0.2) is 0 Å². The lowest BCUT2D eigenvalue weighted by Crippen LogP contribution is -2.39. The maximum absolute atomic E-state index is 14.6. The summed E-state index contributed by atoms with van der Waals surface area (Å²) in [6.45, 7) is 0.391. The molecule has 2 nitrogen and oxygen atoms in total. The van der Waals surface area contributed by atoms with Crippen LogP contribution in [-0.4, -0.2) is 12.5 Å². The predicted octanol–water partition coefficient (Wildman–Crippen LogP) is 2.43. The Morgan fingerprint density at radius 2 is 1.76 bits per heavy atom. The van der Waals surface area contributed by atoms with Crippen molar-refractivity contribution in [2.75, 3.05) is 6.54 Å². The summed E-state index contributed by atoms with van der Waals surface area (Å²) in [5.74, 6) is -2.58. The molecule has 1 aromatic carbocycles. The Kier molecular flexibility index (Phi) is 3.09. The molecule has 0 spiro atoms. The molecule has 1 aromatic rings. The van der Waals surface area contributed by atoms with Gasteiger partial charge < -0.3 is 5.32 Å². The summed E-state index contributed by atoms with van der Waals surface area (Å²) in [5.41, 5.74) is -2.59. The highest BCUT2D eigenvalue weighted by molar-refractivity contribution is 5.86. The van der Waals surface area contributed by atoms with Crippen molar-refractivity contribution in [2.45, 2.75) is 24.9 Å². The molecule has 1 aliphatic rings. The first-order valence-corrected chi connectivity index (χ1v) is 5.46. The van der Waals surface area contributed by atoms with Gasteiger partial charge in [0.25, 0.3) is 5.91 Å². The highest BCUT2D eigenvalue weighted by Gasteiger charge is 2.41. The number of hydrogen-bond donors (Lipinski definition) is 1. The normalized spacial score (nSPS) is 25.2. The van der Waals surface area contributed by atoms with Crippen molar-refractivity contribution in [3.63, 3.8) is 0 Å². The monoisotopic (exact) mass is 243 g/mol. The van der Waals surface area contributed by atoms with Crippen molar-refractivity contribution in [2.24, 2.45) is 0 Å². The van der Waals surface area contributed by atoms with E-state index in [0.717, 1.165) is 12.1 Å². The van der Waals surface area contributed by atoms with E-state index in [9.17, 15) is 18.0 Å². The smallest absolute Gasteiger partial charge is 0.262 e. The van der Waals surface area contributed by atoms with E-state index in [1.807, 2.05) is 0 Å². The molecular weight excluding hydrogens is 231 g/mol. The van der Waals surface area contributed by atoms with Gasteiger partial charge in [0.05, 0.1) is 0 Å². The molecule has 1 unspecified atom stereocenters. The zero-order valence-corrected chi connectivity index (χ0v) is 9.10. The molecule has 1 heterocycles. The lowest BCUT2D eigenvalue weighted by molar-refractivity contribution is -0.133. The molecule has 5 heteroatoms. The Morgan fingerprint density at radius 1 is 1.12 bits per heavy atom. The minimum atomic E-state index is -2.33. The number of rotatable bonds is 1. The minimum absolute atomic E-state index is 0.0538. The lowest BCUT2D eigenvalue weighted by atomic mass is 9.90. The van der Waals surface area contributed by atoms with Crippen LogP contribution in [0.1, 0.15) is 24.8 Å². The van der Waals surface area contributed by atoms with Gasteiger partial charge in [-0.2, -0.15) is 0 Å². The number of nitrogens with one attached hydrogen (secondary N) is 1. The molecule has 0 bridgehead atoms. The largest absolute Gasteiger partial charge is 0.353 e. The number of halogens is 3. The van der Waals surface area contributed by atoms with E-state index in [-0.39, 0.29) is 12.0 Å². The number of carbonyl (C=O) groups excluding carboxylic acids is 1. The van der Waals surface area contributed by atoms with Crippen molar-refractivity contribution >= 4 is 5.91 Å². The fraction of sp³-hybridized carbons (Fsp3) is 0.417. The molecule has 0 saturated carbocycles. The van der Waals surface area contributed by atoms with Crippen LogP contribution < -0.4 is 5.32 Å². The second kappa shape index (κ2) is 4.39. The Balaban J connectivity index is 2.44. The fourth-order valence-corrected chi connectivity index (χ4v) is 2.01. The van der Waals surface area contributed by atoms with Crippen molar-refractivity contribution < 1.29 is 18.0 Å². The first-order valence-electron chi connectivity index (χ1n) is 5.46. The first kappa shape index (κ1) is 12.0. The third kappa shape index (κ3) is 2.28. The maximum atomic E-state index is 14.6. The zero-order chi connectivity index (χ0) is 12.5. The number of amides is 1. The van der Waals surface area contributed by atoms with E-state index < -0.39 is 23.2 Å². The van der Waals surface area contributed by atoms with E-state index in [1.54, 1.807) is 0 Å². The molecule has 1 saturated heterocycles. The third-order valence-electron chi connectivity index (χ3n) is 2.91. The third-order valence-corrected chi connectivity index (χ3v) is 2.91. The summed E-state index contributed by atoms with van der Waals surface area (Å²) in [6, 6.07) is 2.39. The number of alkyl halides is 1. The first-order chi connectivity index (χ1) is 8.02. The van der Waals surface area contributed by atoms with E-state index >= 15 is 0 Å². The van der Waals surface area contributed by atoms with Crippen LogP contribution in [0.4, 0.5) is 13.2 Å². The number of hydrogen-bond acceptors (Lipinski definition) is 1. The SMILES string of the molecule is O=C1NCCCCC1(F)c1cc(F)cc(F)c1. The molecular formula is C12H12F3NO. The standard InChI is InChI=1S/C12H12F3NO/c13-9-5-8(6-10(14)7-9)12(15)3-1-2-4-16-11(12)17/h5-7H,1-4H2,(H,16,17). The molecule has 17 heavy (non-hydrogen) atoms. The topological polar surface area (TPSA) is 29.1 Å². The predicted molar refractivity (Wildman–Crippen MR) is 56.0 cm³/mol. The fourth-order valence-electron chi connectivity index (χ4n) is 2.01. The van der Waals surface area contributed by atoms with Crippen molar-refractivity contribution in [1.82, 2.24) is 5.32 Å². The van der Waals surface area contributed by atoms with Crippen LogP contribution in [-0.2, 0) is 10.5 Å². The second-order valence-corrected chi connectivity index (χ2v) is 4.17. The van der Waals surface area contributed by atoms with Crippen molar-refractivity contribution in [3.8, 4) is 0 Å². The van der Waals surface area contributed by atoms with Crippen LogP contribution in [0.5, 0.6) is 0 Å². The highest BCUT2D eigenvalue weighted by Crippen LogP contribution is 2.34. The molecule has 1 fully saturated rings. The average Bonchev–Trinajstić information content (AvgIpc) is 2.41. The molecule has 1 atom stereocenters. The van der Waals surface area contributed by atoms with Crippen LogP contribution in [0, 0.1) is 11.6 Å². The van der Waals surface area contributed by atoms with E-state index in [0.29, 0.717) is 25.5 Å². The Labute approximate surface area is 96.8 Å². The molecule has 1 aliphatic heterocycles. The van der Waals surface area contributed by atoms with Crippen LogP contribution in [0.25, 0.3) is 0 Å². The lowest BCUT2D eigenvalue weighted by Gasteiger charge is -2.22. The van der Waals surface area contributed by atoms with Gasteiger partial charge in [-0.1, -0.05) is 0 Å². The Bertz CT molecular complexity index is 429. The van der Waals surface area contributed by atoms with Gasteiger partial charge in [-0.05, 0) is 31.4 Å². The molecule has 1 amide bonds. The van der Waals surface area contributed by atoms with Gasteiger partial charge in [-0.15, -0.1) is 0 Å². The van der Waals surface area contributed by atoms with E-state index in [2.05, 4.69) is 5.32 Å². The van der Waals surface area contributed by atoms with Gasteiger partial charge >= 0.3 is 0 Å². The van der Waals surface area contributed by atoms with Crippen LogP contribution in [0.15, 0.2) is 18.2 Å². The quantitative estimate of drug-likeness (QED) is 0.806. The van der Waals surface area contributed by atoms with Gasteiger partial charge in [0, 0.05) is 18.2 Å². The number of benzene rings is 1. The van der Waals surface area contributed by atoms with Crippen LogP contribution in [0.2, 0.25) is 0 Å². The van der Waals surface area contributed by atoms with Crippen molar-refractivity contribution in [1.29, 1.82) is 0 Å². The summed E-state index contributed by atoms with van der Waals surface area (Å²) in [6.07, 6.45) is 1.10. The average molecular weight is 243 g/mol. The zero-order valence-electron chi connectivity index (χ0n) is 9.10. The van der Waals surface area contributed by atoms with E-state index in [1.165, 1.54) is 0 Å². The summed E-state index contributed by atoms with van der Waals surface area (Å²) in [4.78, 5) is 11.6. The Morgan fingerprint density at radius 3 is 2.41 bits per heavy atom. The summed E-state index contributed by atoms with van der Waals surface area (Å²) in [5, 5.41) is 2.41. The highest BCUT2D eigenvalue weighted by atomic mass is 19.1. The van der Waals surface area contributed by atoms with E-state index in [4.69, 9.17) is 0 Å². The molecule has 0 aliphatic carbocycles. The minimum Gasteiger partial charge on any atom is -0.353 e. The van der Waals surface area contributed by atoms with Crippen LogP contribution >= 0.6 is 0 Å². The van der Waals surface area contributed by atoms with Gasteiger partial charge in [0.2, 0.25) is 5.67 Å². The van der Waals surface area contributed by atoms with Crippen molar-refractivity contribution in [3.05, 3.63) is 35.4 Å². The molecule has 1 N–H and O–H groups in total. The van der Waals surface area contributed by atoms with Gasteiger partial charge in [0.1, 0.15) is 11.6 Å². The van der Waals surface area contributed by atoms with Crippen LogP contribution in [0.3, 0.4) is 0 Å². The van der Waals surface area contributed by atoms with Gasteiger partial charge in [-0.3, -0.25) is 4.79 Å². The molecule has 0 radical (unpaired) electrons. The number of carbonyl (C=O) groups is 1. The maximum Gasteiger partial charge on any atom is 0.262 e. The second-order valence-electron chi connectivity index (χ2n) is 4.17. The summed E-state index contributed by atoms with van der Waals surface area (Å²) < 4.78 is 40.7. The summed E-state index contributed by atoms with van der Waals surface area (Å²) >= 11 is 0. The molecule has 92 valence electrons. The Hall–Kier alpha value is -1.52. The molecule has 0 aromatic heterocycles.